The lowest BCUT2D eigenvalue weighted by molar-refractivity contribution is -0.141. The van der Waals surface area contributed by atoms with Crippen molar-refractivity contribution in [1.29, 1.82) is 0 Å². The summed E-state index contributed by atoms with van der Waals surface area (Å²) in [6.07, 6.45) is 2.47. The van der Waals surface area contributed by atoms with E-state index in [9.17, 15) is 9.59 Å². The zero-order valence-corrected chi connectivity index (χ0v) is 11.2. The summed E-state index contributed by atoms with van der Waals surface area (Å²) in [5.74, 6) is -0.416. The highest BCUT2D eigenvalue weighted by Crippen LogP contribution is 2.10. The van der Waals surface area contributed by atoms with Crippen LogP contribution in [0.5, 0.6) is 0 Å². The first kappa shape index (κ1) is 14.8. The van der Waals surface area contributed by atoms with Crippen molar-refractivity contribution in [2.24, 2.45) is 0 Å². The molecule has 1 rings (SSSR count). The van der Waals surface area contributed by atoms with Crippen molar-refractivity contribution in [3.63, 3.8) is 0 Å². The van der Waals surface area contributed by atoms with Gasteiger partial charge in [0.1, 0.15) is 6.54 Å². The molecule has 6 heteroatoms. The Kier molecular flexibility index (Phi) is 6.49. The molecule has 1 aliphatic heterocycles. The van der Waals surface area contributed by atoms with Crippen LogP contribution in [0.2, 0.25) is 0 Å². The lowest BCUT2D eigenvalue weighted by Gasteiger charge is -2.23. The molecular formula is C12H23N3O3. The van der Waals surface area contributed by atoms with Crippen molar-refractivity contribution in [1.82, 2.24) is 15.5 Å². The van der Waals surface area contributed by atoms with E-state index in [-0.39, 0.29) is 12.6 Å². The highest BCUT2D eigenvalue weighted by molar-refractivity contribution is 5.80. The Morgan fingerprint density at radius 2 is 1.94 bits per heavy atom. The molecule has 0 aromatic carbocycles. The maximum atomic E-state index is 11.4. The molecular weight excluding hydrogens is 234 g/mol. The zero-order valence-electron chi connectivity index (χ0n) is 11.2. The first-order chi connectivity index (χ1) is 8.63. The van der Waals surface area contributed by atoms with Crippen LogP contribution in [-0.2, 0) is 9.53 Å². The molecule has 0 aromatic rings. The van der Waals surface area contributed by atoms with Gasteiger partial charge in [0.2, 0.25) is 0 Å². The van der Waals surface area contributed by atoms with Gasteiger partial charge in [0.15, 0.2) is 0 Å². The largest absolute Gasteiger partial charge is 0.465 e. The number of likely N-dealkylation sites (tertiary alicyclic amines) is 1. The van der Waals surface area contributed by atoms with Gasteiger partial charge in [-0.3, -0.25) is 9.69 Å². The smallest absolute Gasteiger partial charge is 0.325 e. The molecule has 0 spiro atoms. The summed E-state index contributed by atoms with van der Waals surface area (Å²) in [7, 11) is 0. The van der Waals surface area contributed by atoms with Gasteiger partial charge in [-0.25, -0.2) is 4.79 Å². The summed E-state index contributed by atoms with van der Waals surface area (Å²) in [6.45, 7) is 6.87. The van der Waals surface area contributed by atoms with Gasteiger partial charge < -0.3 is 15.4 Å². The topological polar surface area (TPSA) is 70.7 Å². The van der Waals surface area contributed by atoms with Gasteiger partial charge in [-0.1, -0.05) is 0 Å². The molecule has 1 saturated heterocycles. The van der Waals surface area contributed by atoms with E-state index in [1.807, 2.05) is 0 Å². The fraction of sp³-hybridized carbons (Fsp3) is 0.833. The van der Waals surface area contributed by atoms with E-state index in [4.69, 9.17) is 4.74 Å². The number of nitrogens with one attached hydrogen (secondary N) is 2. The molecule has 1 aliphatic rings. The number of carbonyl (C=O) groups excluding carboxylic acids is 2. The number of urea groups is 1. The average Bonchev–Trinajstić information content (AvgIpc) is 2.87. The molecule has 104 valence electrons. The van der Waals surface area contributed by atoms with E-state index in [2.05, 4.69) is 22.5 Å². The number of esters is 1. The van der Waals surface area contributed by atoms with Gasteiger partial charge >= 0.3 is 12.0 Å². The molecule has 0 aromatic heterocycles. The molecule has 18 heavy (non-hydrogen) atoms. The highest BCUT2D eigenvalue weighted by Gasteiger charge is 2.18. The number of rotatable bonds is 6. The molecule has 1 fully saturated rings. The number of ether oxygens (including phenoxy) is 1. The van der Waals surface area contributed by atoms with Crippen molar-refractivity contribution in [3.05, 3.63) is 0 Å². The molecule has 6 nitrogen and oxygen atoms in total. The van der Waals surface area contributed by atoms with Crippen LogP contribution < -0.4 is 10.6 Å². The van der Waals surface area contributed by atoms with E-state index in [1.54, 1.807) is 6.92 Å². The van der Waals surface area contributed by atoms with Gasteiger partial charge in [-0.2, -0.15) is 0 Å². The molecule has 1 heterocycles. The van der Waals surface area contributed by atoms with Crippen LogP contribution in [0.25, 0.3) is 0 Å². The molecule has 2 N–H and O–H groups in total. The zero-order chi connectivity index (χ0) is 13.4. The maximum absolute atomic E-state index is 11.4. The second-order valence-electron chi connectivity index (χ2n) is 4.46. The second-order valence-corrected chi connectivity index (χ2v) is 4.46. The van der Waals surface area contributed by atoms with E-state index < -0.39 is 5.97 Å². The Balaban J connectivity index is 2.10. The van der Waals surface area contributed by atoms with Gasteiger partial charge in [0.05, 0.1) is 6.61 Å². The summed E-state index contributed by atoms with van der Waals surface area (Å²) in [6, 6.07) is 0.00921. The molecule has 2 amide bonds. The number of nitrogens with zero attached hydrogens (tertiary/aromatic N) is 1. The lowest BCUT2D eigenvalue weighted by Crippen LogP contribution is -2.45. The van der Waals surface area contributed by atoms with Gasteiger partial charge in [0, 0.05) is 12.6 Å². The third-order valence-corrected chi connectivity index (χ3v) is 3.02. The van der Waals surface area contributed by atoms with Gasteiger partial charge in [-0.05, 0) is 39.8 Å². The van der Waals surface area contributed by atoms with Crippen LogP contribution in [0.4, 0.5) is 4.79 Å². The Labute approximate surface area is 108 Å². The summed E-state index contributed by atoms with van der Waals surface area (Å²) >= 11 is 0. The Bertz CT molecular complexity index is 278. The van der Waals surface area contributed by atoms with Crippen molar-refractivity contribution in [3.8, 4) is 0 Å². The minimum Gasteiger partial charge on any atom is -0.465 e. The van der Waals surface area contributed by atoms with Gasteiger partial charge in [-0.15, -0.1) is 0 Å². The van der Waals surface area contributed by atoms with E-state index in [0.717, 1.165) is 13.1 Å². The molecule has 1 unspecified atom stereocenters. The predicted octanol–water partition coefficient (Wildman–Crippen LogP) is 0.333. The maximum Gasteiger partial charge on any atom is 0.325 e. The first-order valence-electron chi connectivity index (χ1n) is 6.55. The van der Waals surface area contributed by atoms with Crippen LogP contribution in [0.3, 0.4) is 0 Å². The van der Waals surface area contributed by atoms with E-state index in [1.165, 1.54) is 12.8 Å². The quantitative estimate of drug-likeness (QED) is 0.673. The fourth-order valence-electron chi connectivity index (χ4n) is 1.98. The van der Waals surface area contributed by atoms with Crippen molar-refractivity contribution < 1.29 is 14.3 Å². The minimum absolute atomic E-state index is 0.0855. The van der Waals surface area contributed by atoms with Crippen LogP contribution in [0.15, 0.2) is 0 Å². The van der Waals surface area contributed by atoms with Crippen LogP contribution in [-0.4, -0.2) is 55.7 Å². The summed E-state index contributed by atoms with van der Waals surface area (Å²) in [5, 5.41) is 5.23. The molecule has 0 saturated carbocycles. The normalized spacial score (nSPS) is 17.2. The first-order valence-corrected chi connectivity index (χ1v) is 6.55. The SMILES string of the molecule is CCOC(=O)CNC(=O)NCC(C)N1CCCC1. The highest BCUT2D eigenvalue weighted by atomic mass is 16.5. The van der Waals surface area contributed by atoms with Crippen molar-refractivity contribution in [2.45, 2.75) is 32.7 Å². The Morgan fingerprint density at radius 1 is 1.28 bits per heavy atom. The predicted molar refractivity (Wildman–Crippen MR) is 68.3 cm³/mol. The van der Waals surface area contributed by atoms with E-state index >= 15 is 0 Å². The summed E-state index contributed by atoms with van der Waals surface area (Å²) in [4.78, 5) is 24.8. The van der Waals surface area contributed by atoms with Gasteiger partial charge in [0.25, 0.3) is 0 Å². The average molecular weight is 257 g/mol. The third-order valence-electron chi connectivity index (χ3n) is 3.02. The van der Waals surface area contributed by atoms with E-state index in [0.29, 0.717) is 19.2 Å². The minimum atomic E-state index is -0.416. The number of hydrogen-bond donors (Lipinski definition) is 2. The molecule has 0 radical (unpaired) electrons. The standard InChI is InChI=1S/C12H23N3O3/c1-3-18-11(16)9-14-12(17)13-8-10(2)15-6-4-5-7-15/h10H,3-9H2,1-2H3,(H2,13,14,17). The molecule has 1 atom stereocenters. The summed E-state index contributed by atoms with van der Waals surface area (Å²) < 4.78 is 4.71. The monoisotopic (exact) mass is 257 g/mol. The second kappa shape index (κ2) is 7.92. The van der Waals surface area contributed by atoms with Crippen LogP contribution >= 0.6 is 0 Å². The Morgan fingerprint density at radius 3 is 2.56 bits per heavy atom. The van der Waals surface area contributed by atoms with Crippen molar-refractivity contribution >= 4 is 12.0 Å². The van der Waals surface area contributed by atoms with Crippen LogP contribution in [0, 0.1) is 0 Å². The molecule has 0 bridgehead atoms. The summed E-state index contributed by atoms with van der Waals surface area (Å²) in [5.41, 5.74) is 0. The Hall–Kier alpha value is -1.30. The van der Waals surface area contributed by atoms with Crippen molar-refractivity contribution in [2.75, 3.05) is 32.8 Å². The molecule has 0 aliphatic carbocycles. The third kappa shape index (κ3) is 5.35. The number of amides is 2. The van der Waals surface area contributed by atoms with Crippen LogP contribution in [0.1, 0.15) is 26.7 Å². The number of carbonyl (C=O) groups is 2. The fourth-order valence-corrected chi connectivity index (χ4v) is 1.98. The lowest BCUT2D eigenvalue weighted by atomic mass is 10.3. The number of hydrogen-bond acceptors (Lipinski definition) is 4.